The number of hydrogen-bond donors (Lipinski definition) is 0. The van der Waals surface area contributed by atoms with Gasteiger partial charge in [0.25, 0.3) is 0 Å². The van der Waals surface area contributed by atoms with Crippen molar-refractivity contribution in [2.75, 3.05) is 0 Å². The molecule has 0 aliphatic heterocycles. The molecule has 2 heteroatoms. The molecule has 2 saturated carbocycles. The van der Waals surface area contributed by atoms with Gasteiger partial charge in [-0.05, 0) is 48.1 Å². The van der Waals surface area contributed by atoms with Gasteiger partial charge >= 0.3 is 0 Å². The maximum absolute atomic E-state index is 11.5. The van der Waals surface area contributed by atoms with E-state index in [0.29, 0.717) is 17.3 Å². The molecule has 2 aliphatic carbocycles. The average Bonchev–Trinajstić information content (AvgIpc) is 2.53. The van der Waals surface area contributed by atoms with Crippen LogP contribution in [0.15, 0.2) is 0 Å². The van der Waals surface area contributed by atoms with E-state index in [2.05, 4.69) is 20.8 Å². The minimum absolute atomic E-state index is 0.0897. The third-order valence-electron chi connectivity index (χ3n) is 4.94. The first-order valence-corrected chi connectivity index (χ1v) is 5.49. The minimum Gasteiger partial charge on any atom is -0.281 e. The van der Waals surface area contributed by atoms with Gasteiger partial charge in [0.2, 0.25) is 5.24 Å². The molecule has 74 valence electrons. The van der Waals surface area contributed by atoms with Crippen LogP contribution in [0.3, 0.4) is 0 Å². The van der Waals surface area contributed by atoms with Crippen molar-refractivity contribution < 1.29 is 4.79 Å². The quantitative estimate of drug-likeness (QED) is 0.594. The average molecular weight is 201 g/mol. The van der Waals surface area contributed by atoms with Crippen LogP contribution in [0, 0.1) is 22.7 Å². The molecular weight excluding hydrogens is 184 g/mol. The van der Waals surface area contributed by atoms with Crippen molar-refractivity contribution in [3.05, 3.63) is 0 Å². The van der Waals surface area contributed by atoms with Crippen LogP contribution >= 0.6 is 11.6 Å². The number of hydrogen-bond acceptors (Lipinski definition) is 1. The molecule has 2 aliphatic rings. The summed E-state index contributed by atoms with van der Waals surface area (Å²) < 4.78 is 0. The molecule has 2 rings (SSSR count). The van der Waals surface area contributed by atoms with Crippen molar-refractivity contribution in [3.8, 4) is 0 Å². The summed E-state index contributed by atoms with van der Waals surface area (Å²) in [5.41, 5.74) is 0.137. The van der Waals surface area contributed by atoms with Gasteiger partial charge in [-0.25, -0.2) is 0 Å². The number of carbonyl (C=O) groups is 1. The summed E-state index contributed by atoms with van der Waals surface area (Å²) in [5, 5.41) is -0.0897. The molecule has 2 bridgehead atoms. The number of rotatable bonds is 1. The summed E-state index contributed by atoms with van der Waals surface area (Å²) >= 11 is 5.75. The number of carbonyl (C=O) groups excluding carboxylic acids is 1. The van der Waals surface area contributed by atoms with Crippen molar-refractivity contribution in [1.82, 2.24) is 0 Å². The first-order valence-electron chi connectivity index (χ1n) is 5.11. The third kappa shape index (κ3) is 0.971. The topological polar surface area (TPSA) is 17.1 Å². The van der Waals surface area contributed by atoms with Gasteiger partial charge in [0.1, 0.15) is 0 Å². The van der Waals surface area contributed by atoms with Crippen LogP contribution in [-0.2, 0) is 4.79 Å². The van der Waals surface area contributed by atoms with Gasteiger partial charge in [-0.2, -0.15) is 0 Å². The fourth-order valence-corrected chi connectivity index (χ4v) is 3.85. The molecule has 0 N–H and O–H groups in total. The van der Waals surface area contributed by atoms with E-state index < -0.39 is 0 Å². The van der Waals surface area contributed by atoms with Gasteiger partial charge in [-0.1, -0.05) is 20.8 Å². The van der Waals surface area contributed by atoms with Gasteiger partial charge in [-0.15, -0.1) is 0 Å². The van der Waals surface area contributed by atoms with Gasteiger partial charge in [0, 0.05) is 5.41 Å². The first kappa shape index (κ1) is 9.51. The molecule has 13 heavy (non-hydrogen) atoms. The van der Waals surface area contributed by atoms with Crippen LogP contribution in [0.2, 0.25) is 0 Å². The predicted octanol–water partition coefficient (Wildman–Crippen LogP) is 3.21. The van der Waals surface area contributed by atoms with Crippen LogP contribution in [0.1, 0.15) is 40.0 Å². The predicted molar refractivity (Wildman–Crippen MR) is 53.6 cm³/mol. The highest BCUT2D eigenvalue weighted by molar-refractivity contribution is 6.64. The third-order valence-corrected chi connectivity index (χ3v) is 5.31. The summed E-state index contributed by atoms with van der Waals surface area (Å²) in [6, 6.07) is 0. The molecule has 2 fully saturated rings. The van der Waals surface area contributed by atoms with E-state index >= 15 is 0 Å². The van der Waals surface area contributed by atoms with Gasteiger partial charge < -0.3 is 0 Å². The Labute approximate surface area is 84.8 Å². The molecule has 0 saturated heterocycles. The van der Waals surface area contributed by atoms with E-state index in [0.717, 1.165) is 12.8 Å². The van der Waals surface area contributed by atoms with Crippen LogP contribution in [0.4, 0.5) is 0 Å². The van der Waals surface area contributed by atoms with E-state index in [4.69, 9.17) is 11.6 Å². The van der Waals surface area contributed by atoms with Crippen molar-refractivity contribution in [2.45, 2.75) is 40.0 Å². The zero-order chi connectivity index (χ0) is 9.85. The highest BCUT2D eigenvalue weighted by Crippen LogP contribution is 2.66. The number of fused-ring (bicyclic) bond motifs is 2. The monoisotopic (exact) mass is 200 g/mol. The molecule has 0 spiro atoms. The van der Waals surface area contributed by atoms with Crippen LogP contribution in [0.25, 0.3) is 0 Å². The highest BCUT2D eigenvalue weighted by atomic mass is 35.5. The molecule has 0 amide bonds. The van der Waals surface area contributed by atoms with Crippen LogP contribution in [-0.4, -0.2) is 5.24 Å². The summed E-state index contributed by atoms with van der Waals surface area (Å²) in [5.74, 6) is 1.16. The lowest BCUT2D eigenvalue weighted by atomic mass is 9.64. The summed E-state index contributed by atoms with van der Waals surface area (Å²) in [4.78, 5) is 11.5. The molecule has 0 heterocycles. The van der Waals surface area contributed by atoms with Crippen molar-refractivity contribution in [2.24, 2.45) is 22.7 Å². The molecule has 3 atom stereocenters. The Bertz CT molecular complexity index is 259. The van der Waals surface area contributed by atoms with Crippen LogP contribution < -0.4 is 0 Å². The number of halogens is 1. The Morgan fingerprint density at radius 3 is 2.38 bits per heavy atom. The van der Waals surface area contributed by atoms with E-state index in [9.17, 15) is 4.79 Å². The molecule has 1 nitrogen and oxygen atoms in total. The van der Waals surface area contributed by atoms with Crippen molar-refractivity contribution in [1.29, 1.82) is 0 Å². The molecule has 0 aromatic heterocycles. The molecule has 3 unspecified atom stereocenters. The zero-order valence-corrected chi connectivity index (χ0v) is 9.32. The highest BCUT2D eigenvalue weighted by Gasteiger charge is 2.62. The summed E-state index contributed by atoms with van der Waals surface area (Å²) in [7, 11) is 0. The first-order chi connectivity index (χ1) is 5.91. The van der Waals surface area contributed by atoms with E-state index in [1.165, 1.54) is 6.42 Å². The van der Waals surface area contributed by atoms with E-state index in [1.54, 1.807) is 0 Å². The smallest absolute Gasteiger partial charge is 0.228 e. The van der Waals surface area contributed by atoms with Crippen molar-refractivity contribution in [3.63, 3.8) is 0 Å². The SMILES string of the molecule is CC1C2(C(=O)Cl)CCC(C2)C1(C)C. The maximum Gasteiger partial charge on any atom is 0.228 e. The zero-order valence-electron chi connectivity index (χ0n) is 8.56. The molecular formula is C11H17ClO. The summed E-state index contributed by atoms with van der Waals surface area (Å²) in [6.07, 6.45) is 3.24. The Hall–Kier alpha value is -0.0400. The second-order valence-corrected chi connectivity index (χ2v) is 5.76. The lowest BCUT2D eigenvalue weighted by molar-refractivity contribution is -0.123. The fourth-order valence-electron chi connectivity index (χ4n) is 3.52. The lowest BCUT2D eigenvalue weighted by Crippen LogP contribution is -2.37. The molecule has 0 aromatic rings. The van der Waals surface area contributed by atoms with E-state index in [-0.39, 0.29) is 10.7 Å². The normalized spacial score (nSPS) is 46.8. The second-order valence-electron chi connectivity index (χ2n) is 5.41. The minimum atomic E-state index is -0.171. The largest absolute Gasteiger partial charge is 0.281 e. The standard InChI is InChI=1S/C11H17ClO/c1-7-10(2,3)8-4-5-11(7,6-8)9(12)13/h7-8H,4-6H2,1-3H3. The maximum atomic E-state index is 11.5. The molecule has 0 aromatic carbocycles. The van der Waals surface area contributed by atoms with E-state index in [1.807, 2.05) is 0 Å². The Morgan fingerprint density at radius 2 is 2.08 bits per heavy atom. The van der Waals surface area contributed by atoms with Gasteiger partial charge in [0.15, 0.2) is 0 Å². The van der Waals surface area contributed by atoms with Gasteiger partial charge in [-0.3, -0.25) is 4.79 Å². The Balaban J connectivity index is 2.40. The van der Waals surface area contributed by atoms with Crippen molar-refractivity contribution >= 4 is 16.8 Å². The summed E-state index contributed by atoms with van der Waals surface area (Å²) in [6.45, 7) is 6.76. The Morgan fingerprint density at radius 1 is 1.46 bits per heavy atom. The Kier molecular flexibility index (Phi) is 1.83. The second kappa shape index (κ2) is 2.50. The fraction of sp³-hybridized carbons (Fsp3) is 0.909. The lowest BCUT2D eigenvalue weighted by Gasteiger charge is -2.40. The van der Waals surface area contributed by atoms with Crippen LogP contribution in [0.5, 0.6) is 0 Å². The molecule has 0 radical (unpaired) electrons. The van der Waals surface area contributed by atoms with Gasteiger partial charge in [0.05, 0.1) is 0 Å².